The van der Waals surface area contributed by atoms with Gasteiger partial charge in [-0.1, -0.05) is 0 Å². The van der Waals surface area contributed by atoms with E-state index in [0.717, 1.165) is 0 Å². The summed E-state index contributed by atoms with van der Waals surface area (Å²) in [4.78, 5) is 0. The lowest BCUT2D eigenvalue weighted by Gasteiger charge is -2.45. The van der Waals surface area contributed by atoms with Crippen LogP contribution in [0.2, 0.25) is 0 Å². The third-order valence-corrected chi connectivity index (χ3v) is 6.55. The van der Waals surface area contributed by atoms with Gasteiger partial charge in [0, 0.05) is 0 Å². The van der Waals surface area contributed by atoms with E-state index in [-0.39, 0.29) is 0 Å². The largest absolute Gasteiger partial charge is 0.460 e. The van der Waals surface area contributed by atoms with Gasteiger partial charge in [-0.05, 0) is 0 Å². The fraction of sp³-hybridized carbons (Fsp3) is 1.00. The molecule has 39 heteroatoms. The third kappa shape index (κ3) is 6.46. The minimum absolute atomic E-state index is 2.99. The van der Waals surface area contributed by atoms with Gasteiger partial charge in [-0.25, -0.2) is 0 Å². The van der Waals surface area contributed by atoms with Crippen molar-refractivity contribution in [1.82, 2.24) is 5.32 Å². The van der Waals surface area contributed by atoms with Crippen LogP contribution in [0.3, 0.4) is 0 Å². The zero-order valence-corrected chi connectivity index (χ0v) is 23.9. The van der Waals surface area contributed by atoms with E-state index >= 15 is 0 Å². The van der Waals surface area contributed by atoms with E-state index in [4.69, 9.17) is 0 Å². The summed E-state index contributed by atoms with van der Waals surface area (Å²) in [5, 5.41) is -2.99. The van der Waals surface area contributed by atoms with Crippen LogP contribution in [-0.4, -0.2) is 107 Å². The van der Waals surface area contributed by atoms with Gasteiger partial charge in [0.15, 0.2) is 0 Å². The fourth-order valence-electron chi connectivity index (χ4n) is 3.08. The van der Waals surface area contributed by atoms with E-state index in [1.165, 1.54) is 0 Å². The Labute approximate surface area is 281 Å². The van der Waals surface area contributed by atoms with Crippen LogP contribution < -0.4 is 5.32 Å². The summed E-state index contributed by atoms with van der Waals surface area (Å²) >= 11 is 0. The van der Waals surface area contributed by atoms with E-state index in [2.05, 4.69) is 0 Å². The van der Waals surface area contributed by atoms with Gasteiger partial charge in [0.05, 0.1) is 0 Å². The van der Waals surface area contributed by atoms with Crippen LogP contribution in [-0.2, 0) is 0 Å². The smallest absolute Gasteiger partial charge is 0.192 e. The highest BCUT2D eigenvalue weighted by atomic mass is 19.4. The molecule has 0 aliphatic heterocycles. The SMILES string of the molecule is FC(F)(F)C(F)(F)C(F)(F)C(F)(F)C(F)(F)C(F)(F)C(F)(F)C(F)(F)C(F)(F)NC(F)(F)C(F)(F)C(F)(F)C(F)(F)C(F)(F)C(F)(F)C(F)(F)C(F)(F)C(F)(F)F. The molecule has 0 spiro atoms. The van der Waals surface area contributed by atoms with Crippen molar-refractivity contribution < 1.29 is 167 Å². The third-order valence-electron chi connectivity index (χ3n) is 6.55. The van der Waals surface area contributed by atoms with E-state index < -0.39 is 113 Å². The van der Waals surface area contributed by atoms with E-state index in [1.807, 2.05) is 0 Å². The Morgan fingerprint density at radius 1 is 0.140 bits per heavy atom. The predicted molar refractivity (Wildman–Crippen MR) is 94.4 cm³/mol. The Bertz CT molecular complexity index is 1340. The summed E-state index contributed by atoms with van der Waals surface area (Å²) in [6, 6.07) is -18.7. The van der Waals surface area contributed by atoms with Crippen LogP contribution in [0.25, 0.3) is 0 Å². The molecule has 0 saturated carbocycles. The second-order valence-electron chi connectivity index (χ2n) is 10.3. The van der Waals surface area contributed by atoms with Crippen molar-refractivity contribution in [2.24, 2.45) is 0 Å². The Hall–Kier alpha value is -2.70. The molecular weight excluding hydrogens is 952 g/mol. The molecule has 0 fully saturated rings. The molecule has 1 nitrogen and oxygen atoms in total. The van der Waals surface area contributed by atoms with Crippen LogP contribution in [0.15, 0.2) is 0 Å². The molecule has 0 aliphatic carbocycles. The summed E-state index contributed by atoms with van der Waals surface area (Å²) < 4.78 is 503. The maximum absolute atomic E-state index is 13.7. The van der Waals surface area contributed by atoms with Gasteiger partial charge >= 0.3 is 107 Å². The summed E-state index contributed by atoms with van der Waals surface area (Å²) in [7, 11) is 0. The Morgan fingerprint density at radius 2 is 0.246 bits per heavy atom. The molecule has 57 heavy (non-hydrogen) atoms. The van der Waals surface area contributed by atoms with Crippen molar-refractivity contribution in [1.29, 1.82) is 0 Å². The number of rotatable bonds is 16. The first kappa shape index (κ1) is 54.3. The summed E-state index contributed by atoms with van der Waals surface area (Å²) in [5.41, 5.74) is 0. The molecule has 0 atom stereocenters. The van der Waals surface area contributed by atoms with Gasteiger partial charge in [-0.15, -0.1) is 0 Å². The minimum Gasteiger partial charge on any atom is -0.192 e. The zero-order chi connectivity index (χ0) is 47.7. The molecule has 0 heterocycles. The first-order valence-corrected chi connectivity index (χ1v) is 11.7. The topological polar surface area (TPSA) is 12.0 Å². The molecule has 0 aliphatic rings. The van der Waals surface area contributed by atoms with Crippen LogP contribution in [0.5, 0.6) is 0 Å². The average Bonchev–Trinajstić information content (AvgIpc) is 2.93. The van der Waals surface area contributed by atoms with Crippen molar-refractivity contribution >= 4 is 0 Å². The monoisotopic (exact) mass is 953 g/mol. The van der Waals surface area contributed by atoms with Crippen LogP contribution in [0, 0.1) is 0 Å². The maximum Gasteiger partial charge on any atom is 0.460 e. The first-order valence-electron chi connectivity index (χ1n) is 11.7. The van der Waals surface area contributed by atoms with E-state index in [0.29, 0.717) is 0 Å². The number of nitrogens with one attached hydrogen (secondary N) is 1. The minimum atomic E-state index is -9.96. The second kappa shape index (κ2) is 12.9. The standard InChI is InChI=1S/C18HF38N/c19-1(20,3(23,24)7(31,32)11(39,40)15(47,48)49)5(27,28)9(35,36)13(43,44)17(53,54)57-18(55,56)14(45,46)10(37,38)6(29,30)2(21,22)4(25,26)8(33,34)12(41,42)16(50,51)52/h57H. The van der Waals surface area contributed by atoms with Crippen molar-refractivity contribution in [2.75, 3.05) is 0 Å². The van der Waals surface area contributed by atoms with E-state index in [1.54, 1.807) is 0 Å². The molecule has 0 saturated heterocycles. The number of alkyl halides is 38. The van der Waals surface area contributed by atoms with Gasteiger partial charge in [0.2, 0.25) is 0 Å². The molecule has 1 N–H and O–H groups in total. The van der Waals surface area contributed by atoms with Crippen LogP contribution in [0.4, 0.5) is 167 Å². The van der Waals surface area contributed by atoms with Gasteiger partial charge in [0.25, 0.3) is 0 Å². The molecule has 0 rings (SSSR count). The molecule has 0 bridgehead atoms. The Morgan fingerprint density at radius 3 is 0.368 bits per heavy atom. The summed E-state index contributed by atoms with van der Waals surface area (Å²) in [6.07, 6.45) is -16.8. The first-order chi connectivity index (χ1) is 23.7. The molecule has 0 aromatic carbocycles. The molecule has 0 aromatic rings. The molecule has 0 amide bonds. The van der Waals surface area contributed by atoms with E-state index in [9.17, 15) is 167 Å². The average molecular weight is 953 g/mol. The van der Waals surface area contributed by atoms with Gasteiger partial charge in [-0.3, -0.25) is 0 Å². The van der Waals surface area contributed by atoms with Crippen molar-refractivity contribution in [3.05, 3.63) is 0 Å². The highest BCUT2D eigenvalue weighted by molar-refractivity contribution is 5.19. The van der Waals surface area contributed by atoms with Crippen molar-refractivity contribution in [3.8, 4) is 0 Å². The van der Waals surface area contributed by atoms with Gasteiger partial charge in [0.1, 0.15) is 0 Å². The number of halogens is 38. The lowest BCUT2D eigenvalue weighted by Crippen LogP contribution is -2.79. The van der Waals surface area contributed by atoms with Crippen molar-refractivity contribution in [2.45, 2.75) is 107 Å². The van der Waals surface area contributed by atoms with Crippen LogP contribution in [0.1, 0.15) is 0 Å². The fourth-order valence-corrected chi connectivity index (χ4v) is 3.08. The predicted octanol–water partition coefficient (Wildman–Crippen LogP) is 11.8. The lowest BCUT2D eigenvalue weighted by atomic mass is 9.87. The van der Waals surface area contributed by atoms with Crippen molar-refractivity contribution in [3.63, 3.8) is 0 Å². The maximum atomic E-state index is 13.7. The van der Waals surface area contributed by atoms with Gasteiger partial charge in [-0.2, -0.15) is 172 Å². The highest BCUT2D eigenvalue weighted by Crippen LogP contribution is 2.67. The Balaban J connectivity index is 7.53. The summed E-state index contributed by atoms with van der Waals surface area (Å²) in [5.74, 6) is -135. The zero-order valence-electron chi connectivity index (χ0n) is 23.9. The normalized spacial score (nSPS) is 17.4. The molecule has 0 aromatic heterocycles. The highest BCUT2D eigenvalue weighted by Gasteiger charge is 2.99. The number of hydrogen-bond donors (Lipinski definition) is 1. The second-order valence-corrected chi connectivity index (χ2v) is 10.3. The molecular formula is C18HF38N. The van der Waals surface area contributed by atoms with Gasteiger partial charge < -0.3 is 0 Å². The lowest BCUT2D eigenvalue weighted by molar-refractivity contribution is -0.478. The Kier molecular flexibility index (Phi) is 12.3. The van der Waals surface area contributed by atoms with Crippen LogP contribution >= 0.6 is 0 Å². The quantitative estimate of drug-likeness (QED) is 0.120. The summed E-state index contributed by atoms with van der Waals surface area (Å²) in [6.45, 7) is 0. The molecule has 0 radical (unpaired) electrons. The molecule has 344 valence electrons. The molecule has 0 unspecified atom stereocenters. The number of hydrogen-bond acceptors (Lipinski definition) is 1.